The number of rotatable bonds is 7. The maximum absolute atomic E-state index is 12.2. The summed E-state index contributed by atoms with van der Waals surface area (Å²) in [5.74, 6) is 0.696. The van der Waals surface area contributed by atoms with Gasteiger partial charge in [-0.2, -0.15) is 13.2 Å². The number of nitrogens with one attached hydrogen (secondary N) is 1. The minimum absolute atomic E-state index is 0.102. The third-order valence-electron chi connectivity index (χ3n) is 2.98. The number of methoxy groups -OCH3 is 1. The van der Waals surface area contributed by atoms with Crippen molar-refractivity contribution in [1.82, 2.24) is 5.32 Å². The van der Waals surface area contributed by atoms with Crippen LogP contribution in [0.5, 0.6) is 5.75 Å². The molecule has 2 nitrogen and oxygen atoms in total. The van der Waals surface area contributed by atoms with E-state index in [0.717, 1.165) is 10.0 Å². The van der Waals surface area contributed by atoms with Crippen molar-refractivity contribution in [2.45, 2.75) is 38.4 Å². The number of benzene rings is 1. The van der Waals surface area contributed by atoms with Crippen molar-refractivity contribution in [2.24, 2.45) is 0 Å². The van der Waals surface area contributed by atoms with E-state index < -0.39 is 12.6 Å². The van der Waals surface area contributed by atoms with Crippen molar-refractivity contribution in [2.75, 3.05) is 13.7 Å². The molecule has 1 rings (SSSR count). The van der Waals surface area contributed by atoms with Crippen molar-refractivity contribution in [1.29, 1.82) is 0 Å². The minimum atomic E-state index is -4.09. The Bertz CT molecular complexity index is 423. The zero-order valence-corrected chi connectivity index (χ0v) is 13.1. The number of alkyl halides is 3. The SMILES string of the molecule is CCNC(CCCC(F)(F)F)c1cc(OC)ccc1Br. The Hall–Kier alpha value is -0.750. The Kier molecular flexibility index (Phi) is 6.82. The van der Waals surface area contributed by atoms with Crippen LogP contribution in [0.15, 0.2) is 22.7 Å². The van der Waals surface area contributed by atoms with Crippen LogP contribution in [0.1, 0.15) is 37.8 Å². The molecule has 6 heteroatoms. The van der Waals surface area contributed by atoms with Crippen molar-refractivity contribution in [3.05, 3.63) is 28.2 Å². The normalized spacial score (nSPS) is 13.3. The van der Waals surface area contributed by atoms with Crippen LogP contribution in [0.3, 0.4) is 0 Å². The third-order valence-corrected chi connectivity index (χ3v) is 3.70. The van der Waals surface area contributed by atoms with Gasteiger partial charge in [0.2, 0.25) is 0 Å². The van der Waals surface area contributed by atoms with Crippen LogP contribution in [0, 0.1) is 0 Å². The predicted octanol–water partition coefficient (Wildman–Crippen LogP) is 4.84. The lowest BCUT2D eigenvalue weighted by Gasteiger charge is -2.20. The summed E-state index contributed by atoms with van der Waals surface area (Å²) in [4.78, 5) is 0. The second kappa shape index (κ2) is 7.88. The molecule has 114 valence electrons. The average Bonchev–Trinajstić information content (AvgIpc) is 2.37. The molecule has 0 aliphatic heterocycles. The summed E-state index contributed by atoms with van der Waals surface area (Å²) in [6.45, 7) is 2.63. The summed E-state index contributed by atoms with van der Waals surface area (Å²) in [5, 5.41) is 3.22. The lowest BCUT2D eigenvalue weighted by atomic mass is 10.0. The highest BCUT2D eigenvalue weighted by Crippen LogP contribution is 2.32. The van der Waals surface area contributed by atoms with Gasteiger partial charge >= 0.3 is 6.18 Å². The van der Waals surface area contributed by atoms with E-state index in [-0.39, 0.29) is 12.5 Å². The van der Waals surface area contributed by atoms with Gasteiger partial charge in [0.1, 0.15) is 5.75 Å². The molecular weight excluding hydrogens is 335 g/mol. The molecule has 0 fully saturated rings. The molecule has 1 atom stereocenters. The monoisotopic (exact) mass is 353 g/mol. The van der Waals surface area contributed by atoms with Gasteiger partial charge in [-0.25, -0.2) is 0 Å². The molecule has 0 bridgehead atoms. The predicted molar refractivity (Wildman–Crippen MR) is 77.0 cm³/mol. The first kappa shape index (κ1) is 17.3. The fourth-order valence-corrected chi connectivity index (χ4v) is 2.56. The molecule has 0 heterocycles. The largest absolute Gasteiger partial charge is 0.497 e. The first-order chi connectivity index (χ1) is 9.37. The number of ether oxygens (including phenoxy) is 1. The van der Waals surface area contributed by atoms with Gasteiger partial charge in [0.05, 0.1) is 7.11 Å². The Balaban J connectivity index is 2.79. The topological polar surface area (TPSA) is 21.3 Å². The first-order valence-corrected chi connectivity index (χ1v) is 7.30. The van der Waals surface area contributed by atoms with Crippen molar-refractivity contribution in [3.8, 4) is 5.75 Å². The molecule has 0 radical (unpaired) electrons. The molecule has 1 aromatic rings. The number of hydrogen-bond acceptors (Lipinski definition) is 2. The molecule has 1 aromatic carbocycles. The summed E-state index contributed by atoms with van der Waals surface area (Å²) >= 11 is 3.44. The lowest BCUT2D eigenvalue weighted by molar-refractivity contribution is -0.135. The Morgan fingerprint density at radius 1 is 1.35 bits per heavy atom. The van der Waals surface area contributed by atoms with Crippen LogP contribution in [0.25, 0.3) is 0 Å². The van der Waals surface area contributed by atoms with Crippen molar-refractivity contribution < 1.29 is 17.9 Å². The van der Waals surface area contributed by atoms with Gasteiger partial charge in [0.15, 0.2) is 0 Å². The van der Waals surface area contributed by atoms with E-state index in [0.29, 0.717) is 18.7 Å². The molecule has 0 amide bonds. The molecule has 1 unspecified atom stereocenters. The molecule has 0 saturated heterocycles. The highest BCUT2D eigenvalue weighted by atomic mass is 79.9. The van der Waals surface area contributed by atoms with Gasteiger partial charge in [-0.05, 0) is 43.1 Å². The van der Waals surface area contributed by atoms with E-state index in [1.54, 1.807) is 7.11 Å². The van der Waals surface area contributed by atoms with Crippen LogP contribution >= 0.6 is 15.9 Å². The second-order valence-corrected chi connectivity index (χ2v) is 5.36. The van der Waals surface area contributed by atoms with E-state index in [9.17, 15) is 13.2 Å². The van der Waals surface area contributed by atoms with Gasteiger partial charge in [-0.1, -0.05) is 22.9 Å². The van der Waals surface area contributed by atoms with Gasteiger partial charge < -0.3 is 10.1 Å². The molecule has 0 saturated carbocycles. The summed E-state index contributed by atoms with van der Waals surface area (Å²) in [7, 11) is 1.57. The zero-order valence-electron chi connectivity index (χ0n) is 11.6. The molecule has 0 aliphatic rings. The molecule has 20 heavy (non-hydrogen) atoms. The van der Waals surface area contributed by atoms with E-state index in [1.165, 1.54) is 0 Å². The average molecular weight is 354 g/mol. The summed E-state index contributed by atoms with van der Waals surface area (Å²) in [6.07, 6.45) is -4.32. The van der Waals surface area contributed by atoms with Gasteiger partial charge in [0, 0.05) is 16.9 Å². The van der Waals surface area contributed by atoms with Gasteiger partial charge in [-0.15, -0.1) is 0 Å². The Morgan fingerprint density at radius 3 is 2.60 bits per heavy atom. The van der Waals surface area contributed by atoms with Crippen molar-refractivity contribution in [3.63, 3.8) is 0 Å². The van der Waals surface area contributed by atoms with Crippen LogP contribution < -0.4 is 10.1 Å². The highest BCUT2D eigenvalue weighted by Gasteiger charge is 2.27. The van der Waals surface area contributed by atoms with Crippen molar-refractivity contribution >= 4 is 15.9 Å². The molecule has 1 N–H and O–H groups in total. The third kappa shape index (κ3) is 5.71. The van der Waals surface area contributed by atoms with Gasteiger partial charge in [-0.3, -0.25) is 0 Å². The van der Waals surface area contributed by atoms with Crippen LogP contribution in [-0.2, 0) is 0 Å². The Morgan fingerprint density at radius 2 is 2.05 bits per heavy atom. The molecule has 0 aromatic heterocycles. The number of hydrogen-bond donors (Lipinski definition) is 1. The van der Waals surface area contributed by atoms with Crippen LogP contribution in [-0.4, -0.2) is 19.8 Å². The first-order valence-electron chi connectivity index (χ1n) is 6.51. The molecular formula is C14H19BrF3NO. The smallest absolute Gasteiger partial charge is 0.389 e. The molecule has 0 aliphatic carbocycles. The van der Waals surface area contributed by atoms with E-state index in [1.807, 2.05) is 25.1 Å². The van der Waals surface area contributed by atoms with Crippen LogP contribution in [0.4, 0.5) is 13.2 Å². The highest BCUT2D eigenvalue weighted by molar-refractivity contribution is 9.10. The summed E-state index contributed by atoms with van der Waals surface area (Å²) in [5.41, 5.74) is 0.924. The van der Waals surface area contributed by atoms with Crippen LogP contribution in [0.2, 0.25) is 0 Å². The summed E-state index contributed by atoms with van der Waals surface area (Å²) in [6, 6.07) is 5.39. The maximum atomic E-state index is 12.2. The maximum Gasteiger partial charge on any atom is 0.389 e. The quantitative estimate of drug-likeness (QED) is 0.757. The summed E-state index contributed by atoms with van der Waals surface area (Å²) < 4.78 is 42.8. The Labute approximate surface area is 125 Å². The standard InChI is InChI=1S/C14H19BrF3NO/c1-3-19-13(5-4-8-14(16,17)18)11-9-10(20-2)6-7-12(11)15/h6-7,9,13,19H,3-5,8H2,1-2H3. The minimum Gasteiger partial charge on any atom is -0.497 e. The molecule has 0 spiro atoms. The van der Waals surface area contributed by atoms with Gasteiger partial charge in [0.25, 0.3) is 0 Å². The zero-order chi connectivity index (χ0) is 15.2. The fraction of sp³-hybridized carbons (Fsp3) is 0.571. The second-order valence-electron chi connectivity index (χ2n) is 4.51. The van der Waals surface area contributed by atoms with E-state index in [2.05, 4.69) is 21.2 Å². The fourth-order valence-electron chi connectivity index (χ4n) is 2.04. The van der Waals surface area contributed by atoms with E-state index >= 15 is 0 Å². The number of halogens is 4. The van der Waals surface area contributed by atoms with E-state index in [4.69, 9.17) is 4.74 Å². The lowest BCUT2D eigenvalue weighted by Crippen LogP contribution is -2.22.